The molecule has 0 bridgehead atoms. The van der Waals surface area contributed by atoms with Crippen LogP contribution in [-0.4, -0.2) is 61.7 Å². The van der Waals surface area contributed by atoms with Crippen molar-refractivity contribution in [2.45, 2.75) is 51.0 Å². The Hall–Kier alpha value is -2.74. The van der Waals surface area contributed by atoms with Crippen molar-refractivity contribution in [3.05, 3.63) is 52.4 Å². The number of aromatic nitrogens is 3. The first kappa shape index (κ1) is 20.2. The summed E-state index contributed by atoms with van der Waals surface area (Å²) in [6, 6.07) is 4.15. The standard InChI is InChI=1S/C23H27N5O2S/c1-16-4-2-3-10-27(16)23(30)20-21-24-9-5-19(28(21)15-25-20)17-6-11-26(12-7-17)22(29)18-8-13-31-14-18/h5,8-9,13-17H,2-4,6-7,10-12H2,1H3/t16-/m1/s1. The molecule has 5 rings (SSSR count). The molecule has 0 aliphatic carbocycles. The third-order valence-corrected chi connectivity index (χ3v) is 7.38. The molecule has 8 heteroatoms. The van der Waals surface area contributed by atoms with Crippen molar-refractivity contribution in [1.29, 1.82) is 0 Å². The monoisotopic (exact) mass is 437 g/mol. The second-order valence-corrected chi connectivity index (χ2v) is 9.36. The van der Waals surface area contributed by atoms with Crippen LogP contribution in [0.3, 0.4) is 0 Å². The van der Waals surface area contributed by atoms with Gasteiger partial charge in [0, 0.05) is 48.9 Å². The lowest BCUT2D eigenvalue weighted by Crippen LogP contribution is -2.42. The number of piperidine rings is 2. The van der Waals surface area contributed by atoms with Crippen LogP contribution >= 0.6 is 11.3 Å². The maximum absolute atomic E-state index is 13.2. The molecule has 162 valence electrons. The molecule has 0 N–H and O–H groups in total. The van der Waals surface area contributed by atoms with Crippen molar-refractivity contribution in [1.82, 2.24) is 24.2 Å². The summed E-state index contributed by atoms with van der Waals surface area (Å²) in [7, 11) is 0. The highest BCUT2D eigenvalue weighted by Gasteiger charge is 2.30. The minimum atomic E-state index is -0.0180. The lowest BCUT2D eigenvalue weighted by Gasteiger charge is -2.33. The van der Waals surface area contributed by atoms with Gasteiger partial charge < -0.3 is 9.80 Å². The number of thiophene rings is 1. The van der Waals surface area contributed by atoms with E-state index in [-0.39, 0.29) is 17.9 Å². The van der Waals surface area contributed by atoms with E-state index in [4.69, 9.17) is 0 Å². The Kier molecular flexibility index (Phi) is 5.48. The predicted octanol–water partition coefficient (Wildman–Crippen LogP) is 3.83. The van der Waals surface area contributed by atoms with Gasteiger partial charge in [-0.2, -0.15) is 11.3 Å². The Morgan fingerprint density at radius 3 is 2.61 bits per heavy atom. The number of carbonyl (C=O) groups excluding carboxylic acids is 2. The summed E-state index contributed by atoms with van der Waals surface area (Å²) < 4.78 is 1.98. The lowest BCUT2D eigenvalue weighted by molar-refractivity contribution is 0.0631. The van der Waals surface area contributed by atoms with Gasteiger partial charge in [-0.3, -0.25) is 14.0 Å². The first-order chi connectivity index (χ1) is 15.1. The fraction of sp³-hybridized carbons (Fsp3) is 0.478. The predicted molar refractivity (Wildman–Crippen MR) is 120 cm³/mol. The first-order valence-corrected chi connectivity index (χ1v) is 12.0. The maximum atomic E-state index is 13.2. The van der Waals surface area contributed by atoms with E-state index in [1.165, 1.54) is 6.42 Å². The van der Waals surface area contributed by atoms with Gasteiger partial charge >= 0.3 is 0 Å². The fourth-order valence-electron chi connectivity index (χ4n) is 4.89. The van der Waals surface area contributed by atoms with Crippen LogP contribution in [0, 0.1) is 0 Å². The number of amides is 2. The van der Waals surface area contributed by atoms with Crippen molar-refractivity contribution in [2.24, 2.45) is 0 Å². The molecule has 0 aromatic carbocycles. The highest BCUT2D eigenvalue weighted by Crippen LogP contribution is 2.30. The molecule has 2 saturated heterocycles. The zero-order valence-electron chi connectivity index (χ0n) is 17.7. The molecule has 1 atom stereocenters. The van der Waals surface area contributed by atoms with E-state index in [0.717, 1.165) is 56.6 Å². The Morgan fingerprint density at radius 1 is 1.03 bits per heavy atom. The van der Waals surface area contributed by atoms with E-state index in [9.17, 15) is 9.59 Å². The Bertz CT molecular complexity index is 1080. The third kappa shape index (κ3) is 3.73. The van der Waals surface area contributed by atoms with Crippen LogP contribution in [0.4, 0.5) is 0 Å². The van der Waals surface area contributed by atoms with E-state index in [0.29, 0.717) is 17.3 Å². The van der Waals surface area contributed by atoms with E-state index >= 15 is 0 Å². The lowest BCUT2D eigenvalue weighted by atomic mass is 9.93. The van der Waals surface area contributed by atoms with E-state index < -0.39 is 0 Å². The van der Waals surface area contributed by atoms with E-state index in [1.807, 2.05) is 37.1 Å². The van der Waals surface area contributed by atoms with Crippen LogP contribution in [0.2, 0.25) is 0 Å². The van der Waals surface area contributed by atoms with Gasteiger partial charge in [0.2, 0.25) is 0 Å². The molecule has 2 amide bonds. The van der Waals surface area contributed by atoms with Gasteiger partial charge in [-0.1, -0.05) is 0 Å². The summed E-state index contributed by atoms with van der Waals surface area (Å²) in [4.78, 5) is 38.7. The molecule has 5 heterocycles. The van der Waals surface area contributed by atoms with Crippen molar-refractivity contribution in [3.8, 4) is 0 Å². The highest BCUT2D eigenvalue weighted by atomic mass is 32.1. The number of hydrogen-bond acceptors (Lipinski definition) is 5. The molecular formula is C23H27N5O2S. The number of likely N-dealkylation sites (tertiary alicyclic amines) is 2. The number of rotatable bonds is 3. The number of fused-ring (bicyclic) bond motifs is 1. The Balaban J connectivity index is 1.35. The van der Waals surface area contributed by atoms with Crippen molar-refractivity contribution >= 4 is 28.8 Å². The van der Waals surface area contributed by atoms with Gasteiger partial charge in [0.1, 0.15) is 6.33 Å². The SMILES string of the molecule is C[C@@H]1CCCCN1C(=O)c1ncn2c(C3CCN(C(=O)c4ccsc4)CC3)ccnc12. The largest absolute Gasteiger partial charge is 0.339 e. The Labute approximate surface area is 185 Å². The molecule has 7 nitrogen and oxygen atoms in total. The molecular weight excluding hydrogens is 410 g/mol. The van der Waals surface area contributed by atoms with Gasteiger partial charge in [0.25, 0.3) is 11.8 Å². The van der Waals surface area contributed by atoms with Crippen LogP contribution in [0.5, 0.6) is 0 Å². The quantitative estimate of drug-likeness (QED) is 0.624. The number of imidazole rings is 1. The van der Waals surface area contributed by atoms with Gasteiger partial charge in [0.15, 0.2) is 11.3 Å². The van der Waals surface area contributed by atoms with Gasteiger partial charge in [-0.15, -0.1) is 0 Å². The highest BCUT2D eigenvalue weighted by molar-refractivity contribution is 7.08. The van der Waals surface area contributed by atoms with Crippen LogP contribution in [0.1, 0.15) is 71.5 Å². The van der Waals surface area contributed by atoms with Crippen LogP contribution in [-0.2, 0) is 0 Å². The molecule has 0 saturated carbocycles. The molecule has 3 aromatic heterocycles. The summed E-state index contributed by atoms with van der Waals surface area (Å²) in [5.41, 5.74) is 2.98. The van der Waals surface area contributed by atoms with Crippen molar-refractivity contribution < 1.29 is 9.59 Å². The fourth-order valence-corrected chi connectivity index (χ4v) is 5.52. The minimum absolute atomic E-state index is 0.0180. The third-order valence-electron chi connectivity index (χ3n) is 6.70. The average molecular weight is 438 g/mol. The van der Waals surface area contributed by atoms with Gasteiger partial charge in [0.05, 0.1) is 5.56 Å². The number of carbonyl (C=O) groups is 2. The van der Waals surface area contributed by atoms with Crippen LogP contribution < -0.4 is 0 Å². The second kappa shape index (κ2) is 8.42. The van der Waals surface area contributed by atoms with Crippen molar-refractivity contribution in [2.75, 3.05) is 19.6 Å². The molecule has 3 aromatic rings. The average Bonchev–Trinajstić information content (AvgIpc) is 3.49. The van der Waals surface area contributed by atoms with Gasteiger partial charge in [-0.25, -0.2) is 9.97 Å². The Morgan fingerprint density at radius 2 is 1.87 bits per heavy atom. The molecule has 2 aliphatic rings. The van der Waals surface area contributed by atoms with Crippen molar-refractivity contribution in [3.63, 3.8) is 0 Å². The second-order valence-electron chi connectivity index (χ2n) is 8.58. The molecule has 31 heavy (non-hydrogen) atoms. The minimum Gasteiger partial charge on any atom is -0.339 e. The van der Waals surface area contributed by atoms with Crippen LogP contribution in [0.25, 0.3) is 5.65 Å². The molecule has 2 fully saturated rings. The summed E-state index contributed by atoms with van der Waals surface area (Å²) in [5.74, 6) is 0.407. The smallest absolute Gasteiger partial charge is 0.276 e. The topological polar surface area (TPSA) is 70.8 Å². The molecule has 0 unspecified atom stereocenters. The first-order valence-electron chi connectivity index (χ1n) is 11.1. The summed E-state index contributed by atoms with van der Waals surface area (Å²) >= 11 is 1.55. The normalized spacial score (nSPS) is 20.4. The number of nitrogens with zero attached hydrogens (tertiary/aromatic N) is 5. The zero-order chi connectivity index (χ0) is 21.4. The summed E-state index contributed by atoms with van der Waals surface area (Å²) in [6.45, 7) is 4.36. The molecule has 0 spiro atoms. The molecule has 0 radical (unpaired) electrons. The summed E-state index contributed by atoms with van der Waals surface area (Å²) in [5, 5.41) is 3.85. The molecule has 2 aliphatic heterocycles. The van der Waals surface area contributed by atoms with E-state index in [2.05, 4.69) is 16.9 Å². The van der Waals surface area contributed by atoms with Crippen LogP contribution in [0.15, 0.2) is 35.4 Å². The zero-order valence-corrected chi connectivity index (χ0v) is 18.6. The summed E-state index contributed by atoms with van der Waals surface area (Å²) in [6.07, 6.45) is 8.56. The number of hydrogen-bond donors (Lipinski definition) is 0. The maximum Gasteiger partial charge on any atom is 0.276 e. The van der Waals surface area contributed by atoms with Gasteiger partial charge in [-0.05, 0) is 56.5 Å². The van der Waals surface area contributed by atoms with E-state index in [1.54, 1.807) is 23.9 Å².